The van der Waals surface area contributed by atoms with Gasteiger partial charge in [-0.05, 0) is 19.4 Å². The summed E-state index contributed by atoms with van der Waals surface area (Å²) in [5.74, 6) is 0.343. The van der Waals surface area contributed by atoms with E-state index in [4.69, 9.17) is 4.74 Å². The highest BCUT2D eigenvalue weighted by Gasteiger charge is 2.25. The fourth-order valence-corrected chi connectivity index (χ4v) is 2.18. The van der Waals surface area contributed by atoms with Crippen LogP contribution in [-0.2, 0) is 9.53 Å². The topological polar surface area (TPSA) is 41.6 Å². The van der Waals surface area contributed by atoms with Gasteiger partial charge in [0.25, 0.3) is 0 Å². The van der Waals surface area contributed by atoms with Gasteiger partial charge in [0.15, 0.2) is 0 Å². The van der Waals surface area contributed by atoms with Crippen molar-refractivity contribution < 1.29 is 9.53 Å². The summed E-state index contributed by atoms with van der Waals surface area (Å²) in [6.07, 6.45) is 2.35. The maximum atomic E-state index is 11.9. The molecule has 4 nitrogen and oxygen atoms in total. The molecule has 1 N–H and O–H groups in total. The Balaban J connectivity index is 2.24. The number of nitrogens with one attached hydrogen (secondary N) is 1. The summed E-state index contributed by atoms with van der Waals surface area (Å²) in [4.78, 5) is 13.9. The highest BCUT2D eigenvalue weighted by molar-refractivity contribution is 5.78. The predicted octanol–water partition coefficient (Wildman–Crippen LogP) is 1.65. The van der Waals surface area contributed by atoms with Gasteiger partial charge in [0.05, 0.1) is 12.7 Å². The van der Waals surface area contributed by atoms with Crippen LogP contribution in [0.4, 0.5) is 0 Å². The highest BCUT2D eigenvalue weighted by Crippen LogP contribution is 2.13. The third-order valence-electron chi connectivity index (χ3n) is 3.20. The van der Waals surface area contributed by atoms with Crippen molar-refractivity contribution in [1.82, 2.24) is 10.2 Å². The number of nitrogens with zero attached hydrogens (tertiary/aromatic N) is 1. The van der Waals surface area contributed by atoms with Gasteiger partial charge < -0.3 is 15.0 Å². The van der Waals surface area contributed by atoms with Crippen molar-refractivity contribution >= 4 is 5.91 Å². The monoisotopic (exact) mass is 256 g/mol. The minimum absolute atomic E-state index is 0.0892. The molecule has 0 aromatic carbocycles. The smallest absolute Gasteiger partial charge is 0.225 e. The molecule has 1 saturated heterocycles. The van der Waals surface area contributed by atoms with Gasteiger partial charge in [-0.1, -0.05) is 27.7 Å². The number of ether oxygens (including phenoxy) is 1. The minimum Gasteiger partial charge on any atom is -0.375 e. The lowest BCUT2D eigenvalue weighted by Crippen LogP contribution is -2.47. The molecule has 0 aromatic rings. The Hall–Kier alpha value is -0.610. The van der Waals surface area contributed by atoms with E-state index >= 15 is 0 Å². The Labute approximate surface area is 111 Å². The first-order valence-electron chi connectivity index (χ1n) is 7.14. The van der Waals surface area contributed by atoms with Crippen molar-refractivity contribution in [3.05, 3.63) is 0 Å². The van der Waals surface area contributed by atoms with Crippen LogP contribution < -0.4 is 5.32 Å². The molecule has 1 unspecified atom stereocenters. The van der Waals surface area contributed by atoms with Crippen molar-refractivity contribution in [3.8, 4) is 0 Å². The van der Waals surface area contributed by atoms with E-state index in [0.717, 1.165) is 32.5 Å². The Morgan fingerprint density at radius 3 is 2.72 bits per heavy atom. The van der Waals surface area contributed by atoms with Crippen LogP contribution in [0.1, 0.15) is 40.5 Å². The van der Waals surface area contributed by atoms with Gasteiger partial charge in [0.2, 0.25) is 5.91 Å². The van der Waals surface area contributed by atoms with E-state index in [2.05, 4.69) is 19.2 Å². The average molecular weight is 256 g/mol. The molecule has 1 heterocycles. The van der Waals surface area contributed by atoms with Crippen molar-refractivity contribution in [2.24, 2.45) is 5.92 Å². The van der Waals surface area contributed by atoms with Crippen molar-refractivity contribution in [3.63, 3.8) is 0 Å². The largest absolute Gasteiger partial charge is 0.375 e. The van der Waals surface area contributed by atoms with E-state index in [9.17, 15) is 4.79 Å². The molecule has 1 fully saturated rings. The molecule has 1 aliphatic heterocycles. The lowest BCUT2D eigenvalue weighted by Gasteiger charge is -2.34. The molecular weight excluding hydrogens is 228 g/mol. The molecule has 0 spiro atoms. The standard InChI is InChI=1S/C14H28N2O2/c1-11(2)14(17)16-8-9-18-13(10-16)6-5-7-15-12(3)4/h11-13,15H,5-10H2,1-4H3. The fraction of sp³-hybridized carbons (Fsp3) is 0.929. The van der Waals surface area contributed by atoms with Crippen LogP contribution in [0.5, 0.6) is 0 Å². The zero-order valence-corrected chi connectivity index (χ0v) is 12.2. The lowest BCUT2D eigenvalue weighted by atomic mass is 10.1. The van der Waals surface area contributed by atoms with Crippen LogP contribution in [0.3, 0.4) is 0 Å². The SMILES string of the molecule is CC(C)NCCCC1CN(C(=O)C(C)C)CCO1. The summed E-state index contributed by atoms with van der Waals surface area (Å²) in [5, 5.41) is 3.40. The third-order valence-corrected chi connectivity index (χ3v) is 3.20. The molecule has 1 amide bonds. The van der Waals surface area contributed by atoms with Crippen LogP contribution in [0.25, 0.3) is 0 Å². The van der Waals surface area contributed by atoms with E-state index in [-0.39, 0.29) is 17.9 Å². The van der Waals surface area contributed by atoms with Gasteiger partial charge in [0.1, 0.15) is 0 Å². The molecule has 0 aliphatic carbocycles. The number of carbonyl (C=O) groups excluding carboxylic acids is 1. The molecule has 0 aromatic heterocycles. The normalized spacial score (nSPS) is 20.8. The van der Waals surface area contributed by atoms with Crippen LogP contribution in [0.2, 0.25) is 0 Å². The van der Waals surface area contributed by atoms with Crippen LogP contribution >= 0.6 is 0 Å². The Morgan fingerprint density at radius 1 is 1.39 bits per heavy atom. The maximum absolute atomic E-state index is 11.9. The summed E-state index contributed by atoms with van der Waals surface area (Å²) in [6, 6.07) is 0.538. The molecule has 0 saturated carbocycles. The Morgan fingerprint density at radius 2 is 2.11 bits per heavy atom. The summed E-state index contributed by atoms with van der Waals surface area (Å²) in [5.41, 5.74) is 0. The van der Waals surface area contributed by atoms with Crippen molar-refractivity contribution in [2.45, 2.75) is 52.7 Å². The highest BCUT2D eigenvalue weighted by atomic mass is 16.5. The summed E-state index contributed by atoms with van der Waals surface area (Å²) in [6.45, 7) is 11.4. The first-order valence-corrected chi connectivity index (χ1v) is 7.14. The lowest BCUT2D eigenvalue weighted by molar-refractivity contribution is -0.142. The van der Waals surface area contributed by atoms with Crippen LogP contribution in [0, 0.1) is 5.92 Å². The van der Waals surface area contributed by atoms with Crippen LogP contribution in [-0.4, -0.2) is 49.2 Å². The van der Waals surface area contributed by atoms with Gasteiger partial charge in [-0.15, -0.1) is 0 Å². The first-order chi connectivity index (χ1) is 8.50. The summed E-state index contributed by atoms with van der Waals surface area (Å²) in [7, 11) is 0. The van der Waals surface area contributed by atoms with E-state index in [0.29, 0.717) is 12.6 Å². The summed E-state index contributed by atoms with van der Waals surface area (Å²) < 4.78 is 5.72. The Kier molecular flexibility index (Phi) is 6.65. The van der Waals surface area contributed by atoms with Crippen molar-refractivity contribution in [1.29, 1.82) is 0 Å². The van der Waals surface area contributed by atoms with Crippen molar-refractivity contribution in [2.75, 3.05) is 26.2 Å². The van der Waals surface area contributed by atoms with Gasteiger partial charge >= 0.3 is 0 Å². The third kappa shape index (κ3) is 5.36. The zero-order chi connectivity index (χ0) is 13.5. The second kappa shape index (κ2) is 7.74. The van der Waals surface area contributed by atoms with E-state index < -0.39 is 0 Å². The Bertz CT molecular complexity index is 254. The fourth-order valence-electron chi connectivity index (χ4n) is 2.18. The molecule has 1 atom stereocenters. The van der Waals surface area contributed by atoms with Crippen LogP contribution in [0.15, 0.2) is 0 Å². The number of morpholine rings is 1. The van der Waals surface area contributed by atoms with Gasteiger partial charge in [-0.2, -0.15) is 0 Å². The molecule has 0 radical (unpaired) electrons. The zero-order valence-electron chi connectivity index (χ0n) is 12.2. The molecular formula is C14H28N2O2. The van der Waals surface area contributed by atoms with Gasteiger partial charge in [-0.25, -0.2) is 0 Å². The summed E-state index contributed by atoms with van der Waals surface area (Å²) >= 11 is 0. The first kappa shape index (κ1) is 15.4. The number of hydrogen-bond acceptors (Lipinski definition) is 3. The number of carbonyl (C=O) groups is 1. The predicted molar refractivity (Wildman–Crippen MR) is 73.5 cm³/mol. The maximum Gasteiger partial charge on any atom is 0.225 e. The number of amides is 1. The molecule has 4 heteroatoms. The molecule has 0 bridgehead atoms. The number of hydrogen-bond donors (Lipinski definition) is 1. The minimum atomic E-state index is 0.0892. The molecule has 106 valence electrons. The second-order valence-corrected chi connectivity index (χ2v) is 5.68. The molecule has 18 heavy (non-hydrogen) atoms. The molecule has 1 rings (SSSR count). The van der Waals surface area contributed by atoms with E-state index in [1.807, 2.05) is 18.7 Å². The van der Waals surface area contributed by atoms with E-state index in [1.54, 1.807) is 0 Å². The van der Waals surface area contributed by atoms with Gasteiger partial charge in [-0.3, -0.25) is 4.79 Å². The van der Waals surface area contributed by atoms with Gasteiger partial charge in [0, 0.05) is 25.0 Å². The quantitative estimate of drug-likeness (QED) is 0.735. The molecule has 1 aliphatic rings. The number of rotatable bonds is 6. The second-order valence-electron chi connectivity index (χ2n) is 5.68. The average Bonchev–Trinajstić information content (AvgIpc) is 2.33. The van der Waals surface area contributed by atoms with E-state index in [1.165, 1.54) is 0 Å².